The van der Waals surface area contributed by atoms with Gasteiger partial charge in [-0.3, -0.25) is 0 Å². The van der Waals surface area contributed by atoms with Crippen LogP contribution in [0.5, 0.6) is 0 Å². The molecule has 1 aromatic heterocycles. The first-order valence-electron chi connectivity index (χ1n) is 4.52. The van der Waals surface area contributed by atoms with Gasteiger partial charge in [-0.05, 0) is 24.5 Å². The standard InChI is InChI=1S/C10H15NO/c1-6-5-9-8(3-4-12-9)10(6)7(2)11/h3-4,6-7,10H,5,11H2,1-2H3. The van der Waals surface area contributed by atoms with E-state index in [9.17, 15) is 0 Å². The molecule has 0 aliphatic heterocycles. The van der Waals surface area contributed by atoms with Crippen LogP contribution >= 0.6 is 0 Å². The van der Waals surface area contributed by atoms with E-state index >= 15 is 0 Å². The number of fused-ring (bicyclic) bond motifs is 1. The molecule has 2 N–H and O–H groups in total. The van der Waals surface area contributed by atoms with Gasteiger partial charge in [0, 0.05) is 18.4 Å². The fourth-order valence-electron chi connectivity index (χ4n) is 2.34. The Morgan fingerprint density at radius 3 is 3.08 bits per heavy atom. The zero-order valence-electron chi connectivity index (χ0n) is 7.58. The highest BCUT2D eigenvalue weighted by Crippen LogP contribution is 2.39. The quantitative estimate of drug-likeness (QED) is 0.690. The van der Waals surface area contributed by atoms with Crippen molar-refractivity contribution in [1.82, 2.24) is 0 Å². The lowest BCUT2D eigenvalue weighted by molar-refractivity contribution is 0.421. The van der Waals surface area contributed by atoms with Gasteiger partial charge >= 0.3 is 0 Å². The summed E-state index contributed by atoms with van der Waals surface area (Å²) < 4.78 is 5.37. The van der Waals surface area contributed by atoms with Crippen LogP contribution < -0.4 is 5.73 Å². The number of hydrogen-bond donors (Lipinski definition) is 1. The average Bonchev–Trinajstić information content (AvgIpc) is 2.44. The van der Waals surface area contributed by atoms with Crippen LogP contribution in [0.2, 0.25) is 0 Å². The summed E-state index contributed by atoms with van der Waals surface area (Å²) in [6.45, 7) is 4.31. The molecule has 1 aliphatic carbocycles. The molecule has 0 saturated heterocycles. The molecule has 2 heteroatoms. The van der Waals surface area contributed by atoms with Gasteiger partial charge in [0.2, 0.25) is 0 Å². The molecule has 0 saturated carbocycles. The van der Waals surface area contributed by atoms with E-state index < -0.39 is 0 Å². The maximum absolute atomic E-state index is 5.92. The van der Waals surface area contributed by atoms with Crippen molar-refractivity contribution >= 4 is 0 Å². The second-order valence-electron chi connectivity index (χ2n) is 3.87. The van der Waals surface area contributed by atoms with Gasteiger partial charge in [0.25, 0.3) is 0 Å². The molecule has 1 heterocycles. The second-order valence-corrected chi connectivity index (χ2v) is 3.87. The van der Waals surface area contributed by atoms with Gasteiger partial charge in [-0.1, -0.05) is 6.92 Å². The lowest BCUT2D eigenvalue weighted by Crippen LogP contribution is -2.26. The summed E-state index contributed by atoms with van der Waals surface area (Å²) in [6, 6.07) is 2.30. The first kappa shape index (κ1) is 7.87. The van der Waals surface area contributed by atoms with Crippen LogP contribution in [0.1, 0.15) is 31.1 Å². The van der Waals surface area contributed by atoms with Crippen molar-refractivity contribution in [2.75, 3.05) is 0 Å². The van der Waals surface area contributed by atoms with E-state index in [2.05, 4.69) is 19.9 Å². The molecule has 3 unspecified atom stereocenters. The van der Waals surface area contributed by atoms with Gasteiger partial charge in [-0.25, -0.2) is 0 Å². The van der Waals surface area contributed by atoms with Crippen molar-refractivity contribution in [3.8, 4) is 0 Å². The first-order valence-corrected chi connectivity index (χ1v) is 4.52. The van der Waals surface area contributed by atoms with Gasteiger partial charge in [-0.2, -0.15) is 0 Å². The normalized spacial score (nSPS) is 30.2. The van der Waals surface area contributed by atoms with Crippen LogP contribution in [0.25, 0.3) is 0 Å². The zero-order valence-corrected chi connectivity index (χ0v) is 7.58. The maximum Gasteiger partial charge on any atom is 0.107 e. The van der Waals surface area contributed by atoms with E-state index in [1.165, 1.54) is 5.56 Å². The van der Waals surface area contributed by atoms with Crippen molar-refractivity contribution < 1.29 is 4.42 Å². The molecule has 1 aromatic rings. The molecule has 0 amide bonds. The Bertz CT molecular complexity index is 277. The van der Waals surface area contributed by atoms with Gasteiger partial charge in [-0.15, -0.1) is 0 Å². The number of hydrogen-bond acceptors (Lipinski definition) is 2. The predicted molar refractivity (Wildman–Crippen MR) is 48.0 cm³/mol. The third-order valence-corrected chi connectivity index (χ3v) is 2.83. The van der Waals surface area contributed by atoms with Crippen molar-refractivity contribution in [3.63, 3.8) is 0 Å². The molecular weight excluding hydrogens is 150 g/mol. The van der Waals surface area contributed by atoms with Crippen LogP contribution in [0, 0.1) is 5.92 Å². The Morgan fingerprint density at radius 2 is 2.42 bits per heavy atom. The van der Waals surface area contributed by atoms with Crippen molar-refractivity contribution in [2.24, 2.45) is 11.7 Å². The van der Waals surface area contributed by atoms with E-state index in [1.54, 1.807) is 6.26 Å². The van der Waals surface area contributed by atoms with Gasteiger partial charge in [0.1, 0.15) is 5.76 Å². The Labute approximate surface area is 72.7 Å². The van der Waals surface area contributed by atoms with Crippen molar-refractivity contribution in [2.45, 2.75) is 32.2 Å². The molecular formula is C10H15NO. The fourth-order valence-corrected chi connectivity index (χ4v) is 2.34. The predicted octanol–water partition coefficient (Wildman–Crippen LogP) is 1.90. The minimum atomic E-state index is 0.235. The second kappa shape index (κ2) is 2.63. The van der Waals surface area contributed by atoms with Gasteiger partial charge in [0.05, 0.1) is 6.26 Å². The maximum atomic E-state index is 5.92. The summed E-state index contributed by atoms with van der Waals surface area (Å²) >= 11 is 0. The SMILES string of the molecule is CC(N)C1c2ccoc2CC1C. The lowest BCUT2D eigenvalue weighted by atomic mass is 9.89. The lowest BCUT2D eigenvalue weighted by Gasteiger charge is -2.19. The van der Waals surface area contributed by atoms with E-state index in [4.69, 9.17) is 10.2 Å². The smallest absolute Gasteiger partial charge is 0.107 e. The molecule has 2 rings (SSSR count). The molecule has 12 heavy (non-hydrogen) atoms. The third kappa shape index (κ3) is 0.985. The average molecular weight is 165 g/mol. The van der Waals surface area contributed by atoms with Gasteiger partial charge in [0.15, 0.2) is 0 Å². The Kier molecular flexibility index (Phi) is 1.72. The summed E-state index contributed by atoms with van der Waals surface area (Å²) in [4.78, 5) is 0. The monoisotopic (exact) mass is 165 g/mol. The fraction of sp³-hybridized carbons (Fsp3) is 0.600. The minimum absolute atomic E-state index is 0.235. The molecule has 3 atom stereocenters. The number of nitrogens with two attached hydrogens (primary N) is 1. The largest absolute Gasteiger partial charge is 0.469 e. The highest BCUT2D eigenvalue weighted by Gasteiger charge is 2.33. The molecule has 0 fully saturated rings. The van der Waals surface area contributed by atoms with E-state index in [1.807, 2.05) is 0 Å². The molecule has 0 bridgehead atoms. The van der Waals surface area contributed by atoms with Crippen molar-refractivity contribution in [3.05, 3.63) is 23.7 Å². The highest BCUT2D eigenvalue weighted by molar-refractivity contribution is 5.30. The van der Waals surface area contributed by atoms with Crippen LogP contribution in [-0.2, 0) is 6.42 Å². The number of rotatable bonds is 1. The summed E-state index contributed by atoms with van der Waals surface area (Å²) in [7, 11) is 0. The van der Waals surface area contributed by atoms with Crippen molar-refractivity contribution in [1.29, 1.82) is 0 Å². The molecule has 2 nitrogen and oxygen atoms in total. The highest BCUT2D eigenvalue weighted by atomic mass is 16.3. The summed E-state index contributed by atoms with van der Waals surface area (Å²) in [5.41, 5.74) is 7.25. The third-order valence-electron chi connectivity index (χ3n) is 2.83. The molecule has 1 aliphatic rings. The topological polar surface area (TPSA) is 39.2 Å². The zero-order chi connectivity index (χ0) is 8.72. The molecule has 0 radical (unpaired) electrons. The van der Waals surface area contributed by atoms with E-state index in [-0.39, 0.29) is 6.04 Å². The summed E-state index contributed by atoms with van der Waals surface area (Å²) in [6.07, 6.45) is 2.82. The minimum Gasteiger partial charge on any atom is -0.469 e. The Hall–Kier alpha value is -0.760. The van der Waals surface area contributed by atoms with Crippen LogP contribution in [0.4, 0.5) is 0 Å². The van der Waals surface area contributed by atoms with E-state index in [0.717, 1.165) is 12.2 Å². The van der Waals surface area contributed by atoms with Crippen LogP contribution in [-0.4, -0.2) is 6.04 Å². The van der Waals surface area contributed by atoms with Crippen LogP contribution in [0.15, 0.2) is 16.7 Å². The van der Waals surface area contributed by atoms with E-state index in [0.29, 0.717) is 11.8 Å². The summed E-state index contributed by atoms with van der Waals surface area (Å²) in [5.74, 6) is 2.28. The van der Waals surface area contributed by atoms with Gasteiger partial charge < -0.3 is 10.2 Å². The Balaban J connectivity index is 2.35. The molecule has 0 aromatic carbocycles. The molecule has 66 valence electrons. The Morgan fingerprint density at radius 1 is 1.67 bits per heavy atom. The van der Waals surface area contributed by atoms with Crippen LogP contribution in [0.3, 0.4) is 0 Å². The summed E-state index contributed by atoms with van der Waals surface area (Å²) in [5, 5.41) is 0. The molecule has 0 spiro atoms. The number of furan rings is 1. The first-order chi connectivity index (χ1) is 5.70.